The van der Waals surface area contributed by atoms with Gasteiger partial charge in [0, 0.05) is 42.8 Å². The summed E-state index contributed by atoms with van der Waals surface area (Å²) in [6, 6.07) is 0. The van der Waals surface area contributed by atoms with Gasteiger partial charge in [0.25, 0.3) is 0 Å². The van der Waals surface area contributed by atoms with E-state index in [9.17, 15) is 0 Å². The number of nitrogens with zero attached hydrogens (tertiary/aromatic N) is 3. The Kier molecular flexibility index (Phi) is 3.15. The van der Waals surface area contributed by atoms with Crippen molar-refractivity contribution in [2.75, 3.05) is 0 Å². The molecule has 2 heterocycles. The Labute approximate surface area is 86.1 Å². The van der Waals surface area contributed by atoms with Gasteiger partial charge in [0.05, 0.1) is 11.2 Å². The van der Waals surface area contributed by atoms with Gasteiger partial charge in [-0.1, -0.05) is 0 Å². The van der Waals surface area contributed by atoms with Gasteiger partial charge in [0.15, 0.2) is 0 Å². The van der Waals surface area contributed by atoms with E-state index in [2.05, 4.69) is 20.3 Å². The Hall–Kier alpha value is -1.33. The van der Waals surface area contributed by atoms with Crippen LogP contribution in [0.25, 0.3) is 0 Å². The zero-order valence-electron chi connectivity index (χ0n) is 7.55. The Bertz CT molecular complexity index is 360. The Balaban J connectivity index is 1.79. The number of nitrogens with one attached hydrogen (secondary N) is 1. The van der Waals surface area contributed by atoms with E-state index in [4.69, 9.17) is 0 Å². The highest BCUT2D eigenvalue weighted by Gasteiger charge is 1.95. The molecule has 0 aliphatic heterocycles. The van der Waals surface area contributed by atoms with Gasteiger partial charge < -0.3 is 5.32 Å². The topological polar surface area (TPSA) is 50.7 Å². The molecule has 0 aliphatic rings. The monoisotopic (exact) mass is 206 g/mol. The molecule has 0 saturated carbocycles. The molecule has 0 bridgehead atoms. The third-order valence-corrected chi connectivity index (χ3v) is 2.49. The molecular formula is C9H10N4S. The lowest BCUT2D eigenvalue weighted by Gasteiger charge is -2.00. The van der Waals surface area contributed by atoms with Crippen molar-refractivity contribution in [3.63, 3.8) is 0 Å². The standard InChI is InChI=1S/C9H10N4S/c1-2-13-8(3-10-1)4-11-5-9-6-12-7-14-9/h1-3,6-7,11H,4-5H2. The van der Waals surface area contributed by atoms with Crippen LogP contribution in [0.1, 0.15) is 10.6 Å². The molecule has 0 aliphatic carbocycles. The van der Waals surface area contributed by atoms with Gasteiger partial charge in [-0.15, -0.1) is 11.3 Å². The van der Waals surface area contributed by atoms with Crippen LogP contribution in [0.15, 0.2) is 30.3 Å². The van der Waals surface area contributed by atoms with Crippen LogP contribution in [-0.4, -0.2) is 15.0 Å². The van der Waals surface area contributed by atoms with Crippen molar-refractivity contribution >= 4 is 11.3 Å². The summed E-state index contributed by atoms with van der Waals surface area (Å²) in [7, 11) is 0. The second-order valence-corrected chi connectivity index (χ2v) is 3.74. The molecule has 0 amide bonds. The normalized spacial score (nSPS) is 10.3. The predicted molar refractivity (Wildman–Crippen MR) is 54.7 cm³/mol. The van der Waals surface area contributed by atoms with E-state index in [0.717, 1.165) is 18.8 Å². The minimum atomic E-state index is 0.742. The Morgan fingerprint density at radius 2 is 2.14 bits per heavy atom. The maximum atomic E-state index is 4.16. The van der Waals surface area contributed by atoms with Crippen LogP contribution >= 0.6 is 11.3 Å². The second-order valence-electron chi connectivity index (χ2n) is 2.77. The van der Waals surface area contributed by atoms with Crippen LogP contribution in [0.3, 0.4) is 0 Å². The predicted octanol–water partition coefficient (Wildman–Crippen LogP) is 1.22. The van der Waals surface area contributed by atoms with Crippen molar-refractivity contribution in [1.82, 2.24) is 20.3 Å². The van der Waals surface area contributed by atoms with Crippen molar-refractivity contribution in [2.45, 2.75) is 13.1 Å². The molecule has 0 spiro atoms. The van der Waals surface area contributed by atoms with Crippen molar-refractivity contribution in [3.05, 3.63) is 40.9 Å². The van der Waals surface area contributed by atoms with Crippen LogP contribution < -0.4 is 5.32 Å². The van der Waals surface area contributed by atoms with Crippen LogP contribution in [0.2, 0.25) is 0 Å². The summed E-state index contributed by atoms with van der Waals surface area (Å²) in [5, 5.41) is 3.27. The molecule has 0 aromatic carbocycles. The molecule has 0 saturated heterocycles. The van der Waals surface area contributed by atoms with E-state index in [-0.39, 0.29) is 0 Å². The first-order valence-corrected chi connectivity index (χ1v) is 5.16. The first kappa shape index (κ1) is 9.23. The molecule has 0 atom stereocenters. The summed E-state index contributed by atoms with van der Waals surface area (Å²) in [5.41, 5.74) is 2.79. The number of hydrogen-bond donors (Lipinski definition) is 1. The van der Waals surface area contributed by atoms with Crippen LogP contribution in [0.4, 0.5) is 0 Å². The van der Waals surface area contributed by atoms with Crippen molar-refractivity contribution in [3.8, 4) is 0 Å². The highest BCUT2D eigenvalue weighted by atomic mass is 32.1. The fraction of sp³-hybridized carbons (Fsp3) is 0.222. The maximum Gasteiger partial charge on any atom is 0.0794 e. The molecule has 2 aromatic heterocycles. The van der Waals surface area contributed by atoms with Crippen molar-refractivity contribution in [1.29, 1.82) is 0 Å². The highest BCUT2D eigenvalue weighted by Crippen LogP contribution is 2.04. The smallest absolute Gasteiger partial charge is 0.0794 e. The summed E-state index contributed by atoms with van der Waals surface area (Å²) in [6.45, 7) is 1.58. The maximum absolute atomic E-state index is 4.16. The van der Waals surface area contributed by atoms with Gasteiger partial charge in [-0.3, -0.25) is 15.0 Å². The van der Waals surface area contributed by atoms with Gasteiger partial charge in [0.2, 0.25) is 0 Å². The quantitative estimate of drug-likeness (QED) is 0.817. The average molecular weight is 206 g/mol. The summed E-state index contributed by atoms with van der Waals surface area (Å²) in [5.74, 6) is 0. The molecule has 2 rings (SSSR count). The van der Waals surface area contributed by atoms with Gasteiger partial charge >= 0.3 is 0 Å². The minimum Gasteiger partial charge on any atom is -0.306 e. The van der Waals surface area contributed by atoms with Gasteiger partial charge in [-0.25, -0.2) is 0 Å². The summed E-state index contributed by atoms with van der Waals surface area (Å²) < 4.78 is 0. The molecule has 72 valence electrons. The first-order valence-electron chi connectivity index (χ1n) is 4.28. The molecule has 0 fully saturated rings. The Morgan fingerprint density at radius 3 is 2.86 bits per heavy atom. The lowest BCUT2D eigenvalue weighted by Crippen LogP contribution is -2.12. The van der Waals surface area contributed by atoms with Gasteiger partial charge in [0.1, 0.15) is 0 Å². The van der Waals surface area contributed by atoms with E-state index < -0.39 is 0 Å². The van der Waals surface area contributed by atoms with E-state index in [0.29, 0.717) is 0 Å². The SMILES string of the molecule is c1cnc(CNCc2cncs2)cn1. The molecule has 2 aromatic rings. The molecule has 5 heteroatoms. The lowest BCUT2D eigenvalue weighted by molar-refractivity contribution is 0.682. The summed E-state index contributed by atoms with van der Waals surface area (Å²) in [4.78, 5) is 13.4. The molecule has 0 unspecified atom stereocenters. The second kappa shape index (κ2) is 4.78. The molecule has 0 radical (unpaired) electrons. The van der Waals surface area contributed by atoms with Gasteiger partial charge in [-0.2, -0.15) is 0 Å². The average Bonchev–Trinajstić information content (AvgIpc) is 2.72. The van der Waals surface area contributed by atoms with Crippen LogP contribution in [0, 0.1) is 0 Å². The molecule has 1 N–H and O–H groups in total. The molecular weight excluding hydrogens is 196 g/mol. The number of aromatic nitrogens is 3. The minimum absolute atomic E-state index is 0.742. The fourth-order valence-electron chi connectivity index (χ4n) is 1.06. The van der Waals surface area contributed by atoms with E-state index in [1.54, 1.807) is 29.9 Å². The largest absolute Gasteiger partial charge is 0.306 e. The highest BCUT2D eigenvalue weighted by molar-refractivity contribution is 7.09. The number of thiazole rings is 1. The molecule has 14 heavy (non-hydrogen) atoms. The third kappa shape index (κ3) is 2.58. The Morgan fingerprint density at radius 1 is 1.14 bits per heavy atom. The number of rotatable bonds is 4. The van der Waals surface area contributed by atoms with E-state index in [1.807, 2.05) is 11.7 Å². The van der Waals surface area contributed by atoms with Gasteiger partial charge in [-0.05, 0) is 0 Å². The fourth-order valence-corrected chi connectivity index (χ4v) is 1.63. The van der Waals surface area contributed by atoms with E-state index in [1.165, 1.54) is 4.88 Å². The van der Waals surface area contributed by atoms with Crippen molar-refractivity contribution < 1.29 is 0 Å². The van der Waals surface area contributed by atoms with Crippen LogP contribution in [-0.2, 0) is 13.1 Å². The summed E-state index contributed by atoms with van der Waals surface area (Å²) >= 11 is 1.65. The third-order valence-electron chi connectivity index (χ3n) is 1.71. The zero-order valence-corrected chi connectivity index (χ0v) is 8.37. The molecule has 4 nitrogen and oxygen atoms in total. The van der Waals surface area contributed by atoms with Crippen LogP contribution in [0.5, 0.6) is 0 Å². The summed E-state index contributed by atoms with van der Waals surface area (Å²) in [6.07, 6.45) is 7.00. The van der Waals surface area contributed by atoms with Crippen molar-refractivity contribution in [2.24, 2.45) is 0 Å². The number of hydrogen-bond acceptors (Lipinski definition) is 5. The first-order chi connectivity index (χ1) is 6.95. The zero-order chi connectivity index (χ0) is 9.64. The van der Waals surface area contributed by atoms with E-state index >= 15 is 0 Å². The lowest BCUT2D eigenvalue weighted by atomic mass is 10.4.